The van der Waals surface area contributed by atoms with Gasteiger partial charge in [0.15, 0.2) is 0 Å². The van der Waals surface area contributed by atoms with Crippen LogP contribution in [0.2, 0.25) is 5.02 Å². The fraction of sp³-hybridized carbons (Fsp3) is 0.643. The van der Waals surface area contributed by atoms with Crippen molar-refractivity contribution in [2.75, 3.05) is 18.0 Å². The van der Waals surface area contributed by atoms with Crippen molar-refractivity contribution >= 4 is 17.4 Å². The van der Waals surface area contributed by atoms with Gasteiger partial charge in [0.1, 0.15) is 5.82 Å². The van der Waals surface area contributed by atoms with Crippen molar-refractivity contribution in [2.45, 2.75) is 39.7 Å². The Bertz CT molecular complexity index is 418. The van der Waals surface area contributed by atoms with Crippen LogP contribution in [0.5, 0.6) is 0 Å². The second kappa shape index (κ2) is 5.45. The minimum Gasteiger partial charge on any atom is -0.392 e. The topological polar surface area (TPSA) is 36.4 Å². The van der Waals surface area contributed by atoms with Gasteiger partial charge in [-0.05, 0) is 36.3 Å². The van der Waals surface area contributed by atoms with Gasteiger partial charge in [0.2, 0.25) is 0 Å². The molecule has 1 fully saturated rings. The molecule has 1 N–H and O–H groups in total. The number of rotatable bonds is 4. The summed E-state index contributed by atoms with van der Waals surface area (Å²) in [7, 11) is 0. The quantitative estimate of drug-likeness (QED) is 0.911. The van der Waals surface area contributed by atoms with E-state index >= 15 is 0 Å². The predicted octanol–water partition coefficient (Wildman–Crippen LogP) is 3.24. The predicted molar refractivity (Wildman–Crippen MR) is 75.0 cm³/mol. The molecule has 0 radical (unpaired) electrons. The Labute approximate surface area is 114 Å². The van der Waals surface area contributed by atoms with Gasteiger partial charge in [-0.15, -0.1) is 0 Å². The molecular formula is C14H21ClN2O. The Morgan fingerprint density at radius 1 is 1.44 bits per heavy atom. The first-order chi connectivity index (χ1) is 8.64. The summed E-state index contributed by atoms with van der Waals surface area (Å²) in [4.78, 5) is 6.67. The molecule has 2 rings (SSSR count). The molecule has 2 heterocycles. The Morgan fingerprint density at radius 3 is 2.67 bits per heavy atom. The average Bonchev–Trinajstić information content (AvgIpc) is 2.83. The fourth-order valence-electron chi connectivity index (χ4n) is 2.73. The van der Waals surface area contributed by atoms with Crippen molar-refractivity contribution in [3.8, 4) is 0 Å². The van der Waals surface area contributed by atoms with Crippen LogP contribution in [0, 0.1) is 5.41 Å². The summed E-state index contributed by atoms with van der Waals surface area (Å²) in [6.07, 6.45) is 5.32. The van der Waals surface area contributed by atoms with Gasteiger partial charge in [0.25, 0.3) is 0 Å². The minimum absolute atomic E-state index is 0.0130. The van der Waals surface area contributed by atoms with E-state index in [9.17, 15) is 0 Å². The maximum absolute atomic E-state index is 9.07. The molecule has 0 unspecified atom stereocenters. The summed E-state index contributed by atoms with van der Waals surface area (Å²) in [5.41, 5.74) is 1.18. The highest BCUT2D eigenvalue weighted by molar-refractivity contribution is 6.33. The summed E-state index contributed by atoms with van der Waals surface area (Å²) < 4.78 is 0. The molecule has 1 aromatic rings. The second-order valence-corrected chi connectivity index (χ2v) is 5.59. The number of hydrogen-bond acceptors (Lipinski definition) is 3. The Hall–Kier alpha value is -0.800. The first kappa shape index (κ1) is 13.6. The number of hydrogen-bond donors (Lipinski definition) is 1. The van der Waals surface area contributed by atoms with E-state index in [4.69, 9.17) is 16.7 Å². The van der Waals surface area contributed by atoms with Crippen LogP contribution in [0.15, 0.2) is 12.3 Å². The van der Waals surface area contributed by atoms with Crippen molar-refractivity contribution in [2.24, 2.45) is 5.41 Å². The zero-order valence-corrected chi connectivity index (χ0v) is 11.9. The van der Waals surface area contributed by atoms with Gasteiger partial charge in [-0.25, -0.2) is 4.98 Å². The van der Waals surface area contributed by atoms with Crippen LogP contribution in [-0.2, 0) is 6.61 Å². The molecule has 0 saturated carbocycles. The molecule has 0 spiro atoms. The molecule has 0 bridgehead atoms. The summed E-state index contributed by atoms with van der Waals surface area (Å²) in [6.45, 7) is 6.56. The van der Waals surface area contributed by atoms with Gasteiger partial charge in [0, 0.05) is 19.3 Å². The van der Waals surface area contributed by atoms with Gasteiger partial charge in [-0.2, -0.15) is 0 Å². The Kier molecular flexibility index (Phi) is 4.13. The van der Waals surface area contributed by atoms with Gasteiger partial charge < -0.3 is 10.0 Å². The van der Waals surface area contributed by atoms with Gasteiger partial charge in [-0.1, -0.05) is 25.4 Å². The highest BCUT2D eigenvalue weighted by atomic mass is 35.5. The number of pyridine rings is 1. The summed E-state index contributed by atoms with van der Waals surface area (Å²) in [5, 5.41) is 9.71. The van der Waals surface area contributed by atoms with Crippen LogP contribution in [0.1, 0.15) is 38.7 Å². The molecule has 3 nitrogen and oxygen atoms in total. The minimum atomic E-state index is -0.0130. The molecule has 1 aliphatic rings. The van der Waals surface area contributed by atoms with E-state index in [0.717, 1.165) is 24.5 Å². The van der Waals surface area contributed by atoms with Crippen LogP contribution in [-0.4, -0.2) is 23.2 Å². The van der Waals surface area contributed by atoms with E-state index in [0.29, 0.717) is 10.4 Å². The maximum atomic E-state index is 9.07. The second-order valence-electron chi connectivity index (χ2n) is 5.19. The van der Waals surface area contributed by atoms with Gasteiger partial charge >= 0.3 is 0 Å². The first-order valence-corrected chi connectivity index (χ1v) is 7.02. The van der Waals surface area contributed by atoms with Crippen LogP contribution < -0.4 is 4.90 Å². The van der Waals surface area contributed by atoms with E-state index in [1.54, 1.807) is 6.20 Å². The largest absolute Gasteiger partial charge is 0.392 e. The van der Waals surface area contributed by atoms with Crippen molar-refractivity contribution in [3.63, 3.8) is 0 Å². The molecule has 18 heavy (non-hydrogen) atoms. The van der Waals surface area contributed by atoms with Crippen molar-refractivity contribution in [3.05, 3.63) is 22.8 Å². The molecule has 1 aromatic heterocycles. The van der Waals surface area contributed by atoms with Crippen LogP contribution in [0.25, 0.3) is 0 Å². The Morgan fingerprint density at radius 2 is 2.17 bits per heavy atom. The number of anilines is 1. The van der Waals surface area contributed by atoms with E-state index in [-0.39, 0.29) is 6.61 Å². The third kappa shape index (κ3) is 2.47. The number of aliphatic hydroxyl groups is 1. The monoisotopic (exact) mass is 268 g/mol. The maximum Gasteiger partial charge on any atom is 0.147 e. The molecule has 1 saturated heterocycles. The smallest absolute Gasteiger partial charge is 0.147 e. The van der Waals surface area contributed by atoms with E-state index in [2.05, 4.69) is 23.7 Å². The first-order valence-electron chi connectivity index (χ1n) is 6.64. The lowest BCUT2D eigenvalue weighted by atomic mass is 9.82. The molecule has 0 amide bonds. The van der Waals surface area contributed by atoms with E-state index in [1.807, 2.05) is 6.07 Å². The van der Waals surface area contributed by atoms with Crippen LogP contribution in [0.4, 0.5) is 5.82 Å². The third-order valence-corrected chi connectivity index (χ3v) is 4.58. The SMILES string of the molecule is CCC1(CC)CCN(c2ncc(CO)cc2Cl)C1. The molecule has 0 aliphatic carbocycles. The molecule has 1 aliphatic heterocycles. The molecule has 0 atom stereocenters. The van der Waals surface area contributed by atoms with E-state index in [1.165, 1.54) is 19.3 Å². The zero-order chi connectivity index (χ0) is 13.2. The molecule has 100 valence electrons. The molecular weight excluding hydrogens is 248 g/mol. The lowest BCUT2D eigenvalue weighted by Crippen LogP contribution is -2.27. The summed E-state index contributed by atoms with van der Waals surface area (Å²) in [5.74, 6) is 0.859. The average molecular weight is 269 g/mol. The Balaban J connectivity index is 2.19. The van der Waals surface area contributed by atoms with Crippen LogP contribution >= 0.6 is 11.6 Å². The van der Waals surface area contributed by atoms with Crippen LogP contribution in [0.3, 0.4) is 0 Å². The summed E-state index contributed by atoms with van der Waals surface area (Å²) in [6, 6.07) is 1.81. The lowest BCUT2D eigenvalue weighted by Gasteiger charge is -2.27. The highest BCUT2D eigenvalue weighted by Crippen LogP contribution is 2.40. The number of halogens is 1. The van der Waals surface area contributed by atoms with Gasteiger partial charge in [0.05, 0.1) is 11.6 Å². The zero-order valence-electron chi connectivity index (χ0n) is 11.1. The standard InChI is InChI=1S/C14H21ClN2O/c1-3-14(4-2)5-6-17(10-14)13-12(15)7-11(9-18)8-16-13/h7-8,18H,3-6,9-10H2,1-2H3. The number of aliphatic hydroxyl groups excluding tert-OH is 1. The lowest BCUT2D eigenvalue weighted by molar-refractivity contribution is 0.281. The van der Waals surface area contributed by atoms with Crippen molar-refractivity contribution in [1.82, 2.24) is 4.98 Å². The number of nitrogens with zero attached hydrogens (tertiary/aromatic N) is 2. The third-order valence-electron chi connectivity index (χ3n) is 4.30. The molecule has 4 heteroatoms. The highest BCUT2D eigenvalue weighted by Gasteiger charge is 2.36. The fourth-order valence-corrected chi connectivity index (χ4v) is 3.04. The summed E-state index contributed by atoms with van der Waals surface area (Å²) >= 11 is 6.25. The van der Waals surface area contributed by atoms with E-state index < -0.39 is 0 Å². The number of aromatic nitrogens is 1. The normalized spacial score (nSPS) is 18.3. The van der Waals surface area contributed by atoms with Crippen molar-refractivity contribution < 1.29 is 5.11 Å². The van der Waals surface area contributed by atoms with Crippen molar-refractivity contribution in [1.29, 1.82) is 0 Å². The van der Waals surface area contributed by atoms with Gasteiger partial charge in [-0.3, -0.25) is 0 Å². The molecule has 0 aromatic carbocycles.